The summed E-state index contributed by atoms with van der Waals surface area (Å²) in [7, 11) is 1.57. The summed E-state index contributed by atoms with van der Waals surface area (Å²) < 4.78 is 6.25. The number of para-hydroxylation sites is 1. The quantitative estimate of drug-likeness (QED) is 0.782. The van der Waals surface area contributed by atoms with Gasteiger partial charge in [-0.1, -0.05) is 29.8 Å². The number of fused-ring (bicyclic) bond motifs is 1. The minimum Gasteiger partial charge on any atom is -0.495 e. The number of halogens is 1. The van der Waals surface area contributed by atoms with E-state index in [1.807, 2.05) is 30.3 Å². The van der Waals surface area contributed by atoms with Crippen molar-refractivity contribution in [2.45, 2.75) is 12.5 Å². The number of ether oxygens (including phenoxy) is 1. The standard InChI is InChI=1S/C16H14ClNO2S/c1-20-14-7-6-10(8-11(14)17)13(19)9-16-18-12-4-2-3-5-15(12)21-16/h2-8,13,19H,9H2,1H3. The zero-order chi connectivity index (χ0) is 14.8. The number of thiazole rings is 1. The van der Waals surface area contributed by atoms with Crippen molar-refractivity contribution in [3.63, 3.8) is 0 Å². The molecule has 5 heteroatoms. The third-order valence-corrected chi connectivity index (χ3v) is 4.62. The molecule has 0 aliphatic rings. The van der Waals surface area contributed by atoms with E-state index in [-0.39, 0.29) is 0 Å². The topological polar surface area (TPSA) is 42.4 Å². The van der Waals surface area contributed by atoms with E-state index in [1.54, 1.807) is 30.6 Å². The highest BCUT2D eigenvalue weighted by molar-refractivity contribution is 7.18. The molecule has 0 saturated carbocycles. The van der Waals surface area contributed by atoms with E-state index < -0.39 is 6.10 Å². The largest absolute Gasteiger partial charge is 0.495 e. The summed E-state index contributed by atoms with van der Waals surface area (Å²) in [6.07, 6.45) is -0.156. The summed E-state index contributed by atoms with van der Waals surface area (Å²) in [5.41, 5.74) is 1.73. The van der Waals surface area contributed by atoms with Gasteiger partial charge in [-0.25, -0.2) is 4.98 Å². The number of rotatable bonds is 4. The zero-order valence-electron chi connectivity index (χ0n) is 11.4. The average molecular weight is 320 g/mol. The Balaban J connectivity index is 1.82. The van der Waals surface area contributed by atoms with Crippen LogP contribution in [-0.4, -0.2) is 17.2 Å². The summed E-state index contributed by atoms with van der Waals surface area (Å²) in [5.74, 6) is 0.604. The number of benzene rings is 2. The Kier molecular flexibility index (Phi) is 4.10. The fraction of sp³-hybridized carbons (Fsp3) is 0.188. The first-order chi connectivity index (χ1) is 10.2. The average Bonchev–Trinajstić information content (AvgIpc) is 2.89. The Morgan fingerprint density at radius 1 is 1.29 bits per heavy atom. The molecule has 1 unspecified atom stereocenters. The Morgan fingerprint density at radius 2 is 2.10 bits per heavy atom. The van der Waals surface area contributed by atoms with E-state index in [4.69, 9.17) is 16.3 Å². The van der Waals surface area contributed by atoms with E-state index in [0.717, 1.165) is 20.8 Å². The third-order valence-electron chi connectivity index (χ3n) is 3.27. The van der Waals surface area contributed by atoms with Gasteiger partial charge in [-0.2, -0.15) is 0 Å². The van der Waals surface area contributed by atoms with Crippen molar-refractivity contribution in [3.05, 3.63) is 58.1 Å². The van der Waals surface area contributed by atoms with Gasteiger partial charge in [-0.05, 0) is 29.8 Å². The number of nitrogens with zero attached hydrogens (tertiary/aromatic N) is 1. The maximum absolute atomic E-state index is 10.4. The van der Waals surface area contributed by atoms with E-state index in [9.17, 15) is 5.11 Å². The molecule has 3 rings (SSSR count). The van der Waals surface area contributed by atoms with Gasteiger partial charge in [-0.15, -0.1) is 11.3 Å². The lowest BCUT2D eigenvalue weighted by molar-refractivity contribution is 0.178. The maximum Gasteiger partial charge on any atom is 0.137 e. The van der Waals surface area contributed by atoms with Crippen molar-refractivity contribution in [3.8, 4) is 5.75 Å². The molecule has 0 radical (unpaired) electrons. The molecule has 21 heavy (non-hydrogen) atoms. The third kappa shape index (κ3) is 3.02. The van der Waals surface area contributed by atoms with Crippen LogP contribution in [0.5, 0.6) is 5.75 Å². The molecule has 0 aliphatic carbocycles. The van der Waals surface area contributed by atoms with Crippen molar-refractivity contribution in [1.29, 1.82) is 0 Å². The molecular formula is C16H14ClNO2S. The van der Waals surface area contributed by atoms with Crippen molar-refractivity contribution in [2.75, 3.05) is 7.11 Å². The number of hydrogen-bond donors (Lipinski definition) is 1. The van der Waals surface area contributed by atoms with Crippen LogP contribution in [0.15, 0.2) is 42.5 Å². The zero-order valence-corrected chi connectivity index (χ0v) is 13.0. The van der Waals surface area contributed by atoms with Gasteiger partial charge in [0.1, 0.15) is 5.75 Å². The number of aromatic nitrogens is 1. The molecule has 2 aromatic carbocycles. The van der Waals surface area contributed by atoms with Crippen LogP contribution in [0.4, 0.5) is 0 Å². The highest BCUT2D eigenvalue weighted by Crippen LogP contribution is 2.30. The smallest absolute Gasteiger partial charge is 0.137 e. The van der Waals surface area contributed by atoms with E-state index in [0.29, 0.717) is 17.2 Å². The Labute approximate surface area is 131 Å². The van der Waals surface area contributed by atoms with Crippen LogP contribution < -0.4 is 4.74 Å². The lowest BCUT2D eigenvalue weighted by Crippen LogP contribution is -2.01. The SMILES string of the molecule is COc1ccc(C(O)Cc2nc3ccccc3s2)cc1Cl. The summed E-state index contributed by atoms with van der Waals surface area (Å²) in [5, 5.41) is 11.8. The van der Waals surface area contributed by atoms with Crippen molar-refractivity contribution in [2.24, 2.45) is 0 Å². The number of methoxy groups -OCH3 is 1. The van der Waals surface area contributed by atoms with E-state index in [1.165, 1.54) is 0 Å². The second kappa shape index (κ2) is 6.02. The van der Waals surface area contributed by atoms with Crippen LogP contribution >= 0.6 is 22.9 Å². The fourth-order valence-electron chi connectivity index (χ4n) is 2.18. The van der Waals surface area contributed by atoms with Crippen molar-refractivity contribution in [1.82, 2.24) is 4.98 Å². The van der Waals surface area contributed by atoms with Crippen LogP contribution in [0.2, 0.25) is 5.02 Å². The fourth-order valence-corrected chi connectivity index (χ4v) is 3.45. The molecule has 0 spiro atoms. The molecule has 108 valence electrons. The molecule has 0 fully saturated rings. The molecule has 0 amide bonds. The number of aliphatic hydroxyl groups is 1. The highest BCUT2D eigenvalue weighted by atomic mass is 35.5. The molecule has 1 atom stereocenters. The molecule has 0 bridgehead atoms. The van der Waals surface area contributed by atoms with Crippen LogP contribution in [0.3, 0.4) is 0 Å². The summed E-state index contributed by atoms with van der Waals surface area (Å²) in [6.45, 7) is 0. The summed E-state index contributed by atoms with van der Waals surface area (Å²) >= 11 is 7.70. The molecule has 0 aliphatic heterocycles. The molecular weight excluding hydrogens is 306 g/mol. The second-order valence-corrected chi connectivity index (χ2v) is 6.21. The molecule has 1 N–H and O–H groups in total. The summed E-state index contributed by atoms with van der Waals surface area (Å²) in [6, 6.07) is 13.3. The van der Waals surface area contributed by atoms with Gasteiger partial charge < -0.3 is 9.84 Å². The van der Waals surface area contributed by atoms with Crippen LogP contribution in [-0.2, 0) is 6.42 Å². The lowest BCUT2D eigenvalue weighted by Gasteiger charge is -2.11. The van der Waals surface area contributed by atoms with Gasteiger partial charge in [0.05, 0.1) is 33.5 Å². The lowest BCUT2D eigenvalue weighted by atomic mass is 10.1. The number of hydrogen-bond acceptors (Lipinski definition) is 4. The van der Waals surface area contributed by atoms with Gasteiger partial charge in [0.25, 0.3) is 0 Å². The normalized spacial score (nSPS) is 12.5. The van der Waals surface area contributed by atoms with Crippen molar-refractivity contribution < 1.29 is 9.84 Å². The minimum atomic E-state index is -0.631. The predicted molar refractivity (Wildman–Crippen MR) is 86.3 cm³/mol. The van der Waals surface area contributed by atoms with Gasteiger partial charge >= 0.3 is 0 Å². The van der Waals surface area contributed by atoms with E-state index in [2.05, 4.69) is 4.98 Å². The highest BCUT2D eigenvalue weighted by Gasteiger charge is 2.14. The summed E-state index contributed by atoms with van der Waals surface area (Å²) in [4.78, 5) is 4.54. The molecule has 0 saturated heterocycles. The molecule has 1 heterocycles. The second-order valence-electron chi connectivity index (χ2n) is 4.69. The van der Waals surface area contributed by atoms with Crippen LogP contribution in [0.1, 0.15) is 16.7 Å². The van der Waals surface area contributed by atoms with Gasteiger partial charge in [0, 0.05) is 6.42 Å². The molecule has 3 aromatic rings. The van der Waals surface area contributed by atoms with Crippen LogP contribution in [0, 0.1) is 0 Å². The first-order valence-corrected chi connectivity index (χ1v) is 7.73. The molecule has 3 nitrogen and oxygen atoms in total. The Bertz CT molecular complexity index is 739. The first kappa shape index (κ1) is 14.3. The first-order valence-electron chi connectivity index (χ1n) is 6.53. The monoisotopic (exact) mass is 319 g/mol. The van der Waals surface area contributed by atoms with Gasteiger partial charge in [0.2, 0.25) is 0 Å². The Hall–Kier alpha value is -1.62. The Morgan fingerprint density at radius 3 is 2.81 bits per heavy atom. The maximum atomic E-state index is 10.4. The van der Waals surface area contributed by atoms with Gasteiger partial charge in [-0.3, -0.25) is 0 Å². The minimum absolute atomic E-state index is 0.474. The van der Waals surface area contributed by atoms with Gasteiger partial charge in [0.15, 0.2) is 0 Å². The van der Waals surface area contributed by atoms with E-state index >= 15 is 0 Å². The van der Waals surface area contributed by atoms with Crippen LogP contribution in [0.25, 0.3) is 10.2 Å². The number of aliphatic hydroxyl groups excluding tert-OH is 1. The molecule has 1 aromatic heterocycles. The predicted octanol–water partition coefficient (Wildman–Crippen LogP) is 4.23. The van der Waals surface area contributed by atoms with Crippen molar-refractivity contribution >= 4 is 33.2 Å².